The monoisotopic (exact) mass is 211 g/mol. The Kier molecular flexibility index (Phi) is 2.23. The zero-order chi connectivity index (χ0) is 10.2. The van der Waals surface area contributed by atoms with Crippen molar-refractivity contribution in [3.05, 3.63) is 29.8 Å². The Morgan fingerprint density at radius 3 is 2.79 bits per heavy atom. The molecule has 76 valence electrons. The van der Waals surface area contributed by atoms with Crippen LogP contribution < -0.4 is 5.32 Å². The van der Waals surface area contributed by atoms with Crippen LogP contribution in [0.5, 0.6) is 0 Å². The Balaban J connectivity index is 2.13. The Morgan fingerprint density at radius 2 is 2.14 bits per heavy atom. The van der Waals surface area contributed by atoms with Gasteiger partial charge in [-0.2, -0.15) is 0 Å². The predicted octanol–water partition coefficient (Wildman–Crippen LogP) is 1.07. The molecule has 0 aromatic heterocycles. The Morgan fingerprint density at radius 1 is 1.43 bits per heavy atom. The van der Waals surface area contributed by atoms with Gasteiger partial charge in [0, 0.05) is 18.0 Å². The summed E-state index contributed by atoms with van der Waals surface area (Å²) in [7, 11) is -2.89. The number of nitrogens with one attached hydrogen (secondary N) is 1. The summed E-state index contributed by atoms with van der Waals surface area (Å²) >= 11 is 0. The summed E-state index contributed by atoms with van der Waals surface area (Å²) in [6.07, 6.45) is 2.08. The molecule has 1 aliphatic rings. The quantitative estimate of drug-likeness (QED) is 0.796. The van der Waals surface area contributed by atoms with Gasteiger partial charge >= 0.3 is 0 Å². The normalized spacial score (nSPS) is 20.2. The molecule has 14 heavy (non-hydrogen) atoms. The smallest absolute Gasteiger partial charge is 0.149 e. The number of benzene rings is 1. The number of hydrogen-bond donors (Lipinski definition) is 1. The highest BCUT2D eigenvalue weighted by atomic mass is 32.2. The standard InChI is InChI=1S/C10H13NO2S/c1-14(12,13)7-9-6-8-4-2-3-5-10(8)11-9/h2-5,9,11H,6-7H2,1H3. The van der Waals surface area contributed by atoms with E-state index in [2.05, 4.69) is 5.32 Å². The molecule has 1 N–H and O–H groups in total. The summed E-state index contributed by atoms with van der Waals surface area (Å²) in [4.78, 5) is 0. The average Bonchev–Trinajstić information content (AvgIpc) is 2.42. The lowest BCUT2D eigenvalue weighted by Crippen LogP contribution is -2.25. The zero-order valence-corrected chi connectivity index (χ0v) is 8.84. The van der Waals surface area contributed by atoms with E-state index in [1.165, 1.54) is 11.8 Å². The second kappa shape index (κ2) is 3.28. The molecule has 1 aromatic rings. The van der Waals surface area contributed by atoms with E-state index in [4.69, 9.17) is 0 Å². The summed E-state index contributed by atoms with van der Waals surface area (Å²) < 4.78 is 22.2. The summed E-state index contributed by atoms with van der Waals surface area (Å²) in [6.45, 7) is 0. The molecule has 1 heterocycles. The van der Waals surface area contributed by atoms with Crippen molar-refractivity contribution in [2.75, 3.05) is 17.3 Å². The first-order valence-corrected chi connectivity index (χ1v) is 6.63. The summed E-state index contributed by atoms with van der Waals surface area (Å²) in [6, 6.07) is 7.99. The van der Waals surface area contributed by atoms with Crippen molar-refractivity contribution in [1.82, 2.24) is 0 Å². The third-order valence-electron chi connectivity index (χ3n) is 2.35. The largest absolute Gasteiger partial charge is 0.381 e. The van der Waals surface area contributed by atoms with Crippen LogP contribution in [0.2, 0.25) is 0 Å². The van der Waals surface area contributed by atoms with E-state index in [1.807, 2.05) is 24.3 Å². The minimum atomic E-state index is -2.89. The van der Waals surface area contributed by atoms with E-state index in [0.717, 1.165) is 12.1 Å². The maximum Gasteiger partial charge on any atom is 0.149 e. The van der Waals surface area contributed by atoms with Gasteiger partial charge in [-0.15, -0.1) is 0 Å². The van der Waals surface area contributed by atoms with Crippen molar-refractivity contribution < 1.29 is 8.42 Å². The minimum Gasteiger partial charge on any atom is -0.381 e. The third-order valence-corrected chi connectivity index (χ3v) is 3.36. The fourth-order valence-electron chi connectivity index (χ4n) is 1.84. The molecule has 4 heteroatoms. The number of hydrogen-bond acceptors (Lipinski definition) is 3. The van der Waals surface area contributed by atoms with E-state index in [9.17, 15) is 8.42 Å². The van der Waals surface area contributed by atoms with Gasteiger partial charge in [-0.25, -0.2) is 8.42 Å². The van der Waals surface area contributed by atoms with Crippen LogP contribution in [0.1, 0.15) is 5.56 Å². The zero-order valence-electron chi connectivity index (χ0n) is 8.03. The molecular formula is C10H13NO2S. The molecule has 1 unspecified atom stereocenters. The number of sulfone groups is 1. The van der Waals surface area contributed by atoms with Gasteiger partial charge in [-0.3, -0.25) is 0 Å². The molecule has 1 aliphatic heterocycles. The van der Waals surface area contributed by atoms with Gasteiger partial charge in [0.05, 0.1) is 5.75 Å². The summed E-state index contributed by atoms with van der Waals surface area (Å²) in [5, 5.41) is 3.21. The summed E-state index contributed by atoms with van der Waals surface area (Å²) in [5.41, 5.74) is 2.28. The lowest BCUT2D eigenvalue weighted by Gasteiger charge is -2.08. The highest BCUT2D eigenvalue weighted by molar-refractivity contribution is 7.90. The number of anilines is 1. The second-order valence-corrected chi connectivity index (χ2v) is 5.98. The fourth-order valence-corrected chi connectivity index (χ4v) is 2.77. The Labute approximate surface area is 84.1 Å². The van der Waals surface area contributed by atoms with E-state index >= 15 is 0 Å². The Hall–Kier alpha value is -1.03. The summed E-state index contributed by atoms with van der Waals surface area (Å²) in [5.74, 6) is 0.210. The molecule has 0 saturated heterocycles. The van der Waals surface area contributed by atoms with Crippen molar-refractivity contribution in [1.29, 1.82) is 0 Å². The van der Waals surface area contributed by atoms with Gasteiger partial charge in [0.1, 0.15) is 9.84 Å². The van der Waals surface area contributed by atoms with Crippen LogP contribution in [-0.2, 0) is 16.3 Å². The van der Waals surface area contributed by atoms with Crippen molar-refractivity contribution >= 4 is 15.5 Å². The molecule has 0 bridgehead atoms. The van der Waals surface area contributed by atoms with Crippen LogP contribution in [-0.4, -0.2) is 26.5 Å². The Bertz CT molecular complexity index is 414. The SMILES string of the molecule is CS(=O)(=O)CC1Cc2ccccc2N1. The van der Waals surface area contributed by atoms with Gasteiger partial charge in [-0.1, -0.05) is 18.2 Å². The van der Waals surface area contributed by atoms with E-state index < -0.39 is 9.84 Å². The van der Waals surface area contributed by atoms with Crippen molar-refractivity contribution in [3.8, 4) is 0 Å². The third kappa shape index (κ3) is 2.07. The lowest BCUT2D eigenvalue weighted by atomic mass is 10.1. The molecule has 2 rings (SSSR count). The van der Waals surface area contributed by atoms with E-state index in [0.29, 0.717) is 0 Å². The molecule has 0 amide bonds. The average molecular weight is 211 g/mol. The van der Waals surface area contributed by atoms with Gasteiger partial charge in [0.25, 0.3) is 0 Å². The van der Waals surface area contributed by atoms with Crippen molar-refractivity contribution in [2.45, 2.75) is 12.5 Å². The molecule has 0 saturated carbocycles. The molecule has 0 aliphatic carbocycles. The number of para-hydroxylation sites is 1. The van der Waals surface area contributed by atoms with Gasteiger partial charge < -0.3 is 5.32 Å². The highest BCUT2D eigenvalue weighted by Gasteiger charge is 2.22. The van der Waals surface area contributed by atoms with Crippen LogP contribution in [0, 0.1) is 0 Å². The predicted molar refractivity (Wildman–Crippen MR) is 57.3 cm³/mol. The maximum atomic E-state index is 11.1. The first kappa shape index (κ1) is 9.52. The first-order valence-electron chi connectivity index (χ1n) is 4.57. The first-order chi connectivity index (χ1) is 6.54. The highest BCUT2D eigenvalue weighted by Crippen LogP contribution is 2.25. The lowest BCUT2D eigenvalue weighted by molar-refractivity contribution is 0.596. The van der Waals surface area contributed by atoms with Crippen LogP contribution >= 0.6 is 0 Å². The van der Waals surface area contributed by atoms with E-state index in [-0.39, 0.29) is 11.8 Å². The molecule has 0 spiro atoms. The number of fused-ring (bicyclic) bond motifs is 1. The van der Waals surface area contributed by atoms with Crippen LogP contribution in [0.15, 0.2) is 24.3 Å². The molecule has 3 nitrogen and oxygen atoms in total. The van der Waals surface area contributed by atoms with Gasteiger partial charge in [0.15, 0.2) is 0 Å². The van der Waals surface area contributed by atoms with E-state index in [1.54, 1.807) is 0 Å². The fraction of sp³-hybridized carbons (Fsp3) is 0.400. The molecule has 0 fully saturated rings. The minimum absolute atomic E-state index is 0.0439. The second-order valence-electron chi connectivity index (χ2n) is 3.79. The van der Waals surface area contributed by atoms with Crippen LogP contribution in [0.25, 0.3) is 0 Å². The van der Waals surface area contributed by atoms with Crippen molar-refractivity contribution in [3.63, 3.8) is 0 Å². The topological polar surface area (TPSA) is 46.2 Å². The van der Waals surface area contributed by atoms with Crippen LogP contribution in [0.4, 0.5) is 5.69 Å². The van der Waals surface area contributed by atoms with Gasteiger partial charge in [0.2, 0.25) is 0 Å². The van der Waals surface area contributed by atoms with Gasteiger partial charge in [-0.05, 0) is 18.1 Å². The maximum absolute atomic E-state index is 11.1. The molecule has 0 radical (unpaired) electrons. The molecule has 1 aromatic carbocycles. The van der Waals surface area contributed by atoms with Crippen LogP contribution in [0.3, 0.4) is 0 Å². The number of rotatable bonds is 2. The van der Waals surface area contributed by atoms with Crippen molar-refractivity contribution in [2.24, 2.45) is 0 Å². The molecular weight excluding hydrogens is 198 g/mol. The molecule has 1 atom stereocenters.